The van der Waals surface area contributed by atoms with Crippen LogP contribution in [-0.2, 0) is 0 Å². The summed E-state index contributed by atoms with van der Waals surface area (Å²) in [5.74, 6) is 0.951. The number of nitrogens with one attached hydrogen (secondary N) is 1. The number of hydrogen-bond donors (Lipinski definition) is 1. The van der Waals surface area contributed by atoms with E-state index < -0.39 is 0 Å². The van der Waals surface area contributed by atoms with Gasteiger partial charge < -0.3 is 5.32 Å². The van der Waals surface area contributed by atoms with Crippen molar-refractivity contribution in [1.82, 2.24) is 15.0 Å². The van der Waals surface area contributed by atoms with Gasteiger partial charge in [0.15, 0.2) is 0 Å². The van der Waals surface area contributed by atoms with E-state index in [1.54, 1.807) is 6.20 Å². The zero-order chi connectivity index (χ0) is 14.8. The first kappa shape index (κ1) is 13.8. The Bertz CT molecular complexity index is 781. The van der Waals surface area contributed by atoms with Crippen LogP contribution < -0.4 is 5.32 Å². The van der Waals surface area contributed by atoms with Crippen molar-refractivity contribution in [3.63, 3.8) is 0 Å². The molecule has 21 heavy (non-hydrogen) atoms. The first-order valence-corrected chi connectivity index (χ1v) is 7.16. The second-order valence-electron chi connectivity index (χ2n) is 5.09. The van der Waals surface area contributed by atoms with Crippen LogP contribution in [0.1, 0.15) is 25.3 Å². The van der Waals surface area contributed by atoms with E-state index in [0.29, 0.717) is 5.15 Å². The van der Waals surface area contributed by atoms with Gasteiger partial charge in [0.05, 0.1) is 11.2 Å². The van der Waals surface area contributed by atoms with Gasteiger partial charge in [-0.1, -0.05) is 43.6 Å². The van der Waals surface area contributed by atoms with Crippen LogP contribution >= 0.6 is 11.6 Å². The van der Waals surface area contributed by atoms with Crippen molar-refractivity contribution in [2.45, 2.75) is 19.8 Å². The maximum atomic E-state index is 6.20. The zero-order valence-corrected chi connectivity index (χ0v) is 12.6. The van der Waals surface area contributed by atoms with Gasteiger partial charge in [-0.05, 0) is 18.1 Å². The first-order chi connectivity index (χ1) is 10.2. The predicted octanol–water partition coefficient (Wildman–Crippen LogP) is 4.55. The summed E-state index contributed by atoms with van der Waals surface area (Å²) >= 11 is 6.20. The number of fused-ring (bicyclic) bond motifs is 1. The maximum absolute atomic E-state index is 6.20. The molecule has 0 aliphatic rings. The molecule has 0 spiro atoms. The van der Waals surface area contributed by atoms with E-state index in [-0.39, 0.29) is 5.92 Å². The second-order valence-corrected chi connectivity index (χ2v) is 5.45. The SMILES string of the molecule is CC(C)c1c(Cl)ncnc1Nc1cccc2cccnc12. The number of nitrogens with zero attached hydrogens (tertiary/aromatic N) is 3. The molecule has 0 unspecified atom stereocenters. The van der Waals surface area contributed by atoms with E-state index in [2.05, 4.69) is 34.1 Å². The van der Waals surface area contributed by atoms with E-state index in [9.17, 15) is 0 Å². The van der Waals surface area contributed by atoms with Gasteiger partial charge in [0.25, 0.3) is 0 Å². The summed E-state index contributed by atoms with van der Waals surface area (Å²) in [5.41, 5.74) is 2.72. The van der Waals surface area contributed by atoms with Gasteiger partial charge in [-0.3, -0.25) is 4.98 Å². The summed E-state index contributed by atoms with van der Waals surface area (Å²) in [5, 5.41) is 4.90. The van der Waals surface area contributed by atoms with E-state index in [0.717, 1.165) is 28.0 Å². The fraction of sp³-hybridized carbons (Fsp3) is 0.188. The highest BCUT2D eigenvalue weighted by molar-refractivity contribution is 6.30. The molecule has 5 heteroatoms. The van der Waals surface area contributed by atoms with Crippen LogP contribution in [0.3, 0.4) is 0 Å². The standard InChI is InChI=1S/C16H15ClN4/c1-10(2)13-15(17)19-9-20-16(13)21-12-7-3-5-11-6-4-8-18-14(11)12/h3-10H,1-2H3,(H,19,20,21). The number of rotatable bonds is 3. The van der Waals surface area contributed by atoms with E-state index in [4.69, 9.17) is 11.6 Å². The Morgan fingerprint density at radius 1 is 1.05 bits per heavy atom. The molecule has 2 aromatic heterocycles. The zero-order valence-electron chi connectivity index (χ0n) is 11.8. The van der Waals surface area contributed by atoms with Crippen LogP contribution in [0, 0.1) is 0 Å². The normalized spacial score (nSPS) is 11.0. The summed E-state index contributed by atoms with van der Waals surface area (Å²) in [7, 11) is 0. The van der Waals surface area contributed by atoms with Crippen molar-refractivity contribution >= 4 is 34.0 Å². The Hall–Kier alpha value is -2.20. The molecule has 0 atom stereocenters. The Kier molecular flexibility index (Phi) is 3.71. The molecule has 0 amide bonds. The lowest BCUT2D eigenvalue weighted by Gasteiger charge is -2.15. The summed E-state index contributed by atoms with van der Waals surface area (Å²) in [6, 6.07) is 9.96. The molecule has 1 N–H and O–H groups in total. The Balaban J connectivity index is 2.09. The van der Waals surface area contributed by atoms with Crippen molar-refractivity contribution in [1.29, 1.82) is 0 Å². The van der Waals surface area contributed by atoms with Crippen molar-refractivity contribution in [3.05, 3.63) is 53.6 Å². The van der Waals surface area contributed by atoms with Crippen molar-refractivity contribution in [3.8, 4) is 0 Å². The molecular weight excluding hydrogens is 284 g/mol. The molecule has 106 valence electrons. The fourth-order valence-electron chi connectivity index (χ4n) is 2.32. The molecule has 0 saturated heterocycles. The van der Waals surface area contributed by atoms with Gasteiger partial charge in [-0.15, -0.1) is 0 Å². The third-order valence-electron chi connectivity index (χ3n) is 3.30. The molecule has 0 radical (unpaired) electrons. The summed E-state index contributed by atoms with van der Waals surface area (Å²) in [4.78, 5) is 12.8. The molecule has 0 saturated carbocycles. The van der Waals surface area contributed by atoms with E-state index >= 15 is 0 Å². The minimum atomic E-state index is 0.226. The summed E-state index contributed by atoms with van der Waals surface area (Å²) in [6.07, 6.45) is 3.25. The molecule has 2 heterocycles. The Morgan fingerprint density at radius 3 is 2.67 bits per heavy atom. The van der Waals surface area contributed by atoms with Crippen LogP contribution in [0.5, 0.6) is 0 Å². The monoisotopic (exact) mass is 298 g/mol. The first-order valence-electron chi connectivity index (χ1n) is 6.78. The van der Waals surface area contributed by atoms with Gasteiger partial charge in [0, 0.05) is 17.1 Å². The molecule has 0 aliphatic heterocycles. The summed E-state index contributed by atoms with van der Waals surface area (Å²) in [6.45, 7) is 4.13. The number of halogens is 1. The molecule has 0 fully saturated rings. The van der Waals surface area contributed by atoms with Crippen molar-refractivity contribution in [2.75, 3.05) is 5.32 Å². The minimum Gasteiger partial charge on any atom is -0.338 e. The van der Waals surface area contributed by atoms with Gasteiger partial charge in [-0.2, -0.15) is 0 Å². The van der Waals surface area contributed by atoms with Gasteiger partial charge >= 0.3 is 0 Å². The average Bonchev–Trinajstić information content (AvgIpc) is 2.47. The maximum Gasteiger partial charge on any atom is 0.138 e. The number of anilines is 2. The van der Waals surface area contributed by atoms with Gasteiger partial charge in [0.2, 0.25) is 0 Å². The molecule has 3 rings (SSSR count). The third kappa shape index (κ3) is 2.67. The largest absolute Gasteiger partial charge is 0.338 e. The van der Waals surface area contributed by atoms with Crippen molar-refractivity contribution < 1.29 is 0 Å². The molecule has 3 aromatic rings. The van der Waals surface area contributed by atoms with Crippen LogP contribution in [0.25, 0.3) is 10.9 Å². The van der Waals surface area contributed by atoms with Crippen LogP contribution in [-0.4, -0.2) is 15.0 Å². The van der Waals surface area contributed by atoms with E-state index in [1.807, 2.05) is 30.3 Å². The molecule has 4 nitrogen and oxygen atoms in total. The fourth-order valence-corrected chi connectivity index (χ4v) is 2.67. The number of hydrogen-bond acceptors (Lipinski definition) is 4. The highest BCUT2D eigenvalue weighted by Crippen LogP contribution is 2.31. The lowest BCUT2D eigenvalue weighted by atomic mass is 10.1. The topological polar surface area (TPSA) is 50.7 Å². The smallest absolute Gasteiger partial charge is 0.138 e. The number of benzene rings is 1. The molecule has 0 aliphatic carbocycles. The predicted molar refractivity (Wildman–Crippen MR) is 86.2 cm³/mol. The van der Waals surface area contributed by atoms with Crippen molar-refractivity contribution in [2.24, 2.45) is 0 Å². The highest BCUT2D eigenvalue weighted by atomic mass is 35.5. The number of para-hydroxylation sites is 1. The van der Waals surface area contributed by atoms with Crippen LogP contribution in [0.4, 0.5) is 11.5 Å². The second kappa shape index (κ2) is 5.66. The van der Waals surface area contributed by atoms with Crippen LogP contribution in [0.15, 0.2) is 42.9 Å². The molecular formula is C16H15ClN4. The third-order valence-corrected chi connectivity index (χ3v) is 3.60. The van der Waals surface area contributed by atoms with Gasteiger partial charge in [-0.25, -0.2) is 9.97 Å². The Labute approximate surface area is 128 Å². The number of aromatic nitrogens is 3. The lowest BCUT2D eigenvalue weighted by Crippen LogP contribution is -2.03. The lowest BCUT2D eigenvalue weighted by molar-refractivity contribution is 0.850. The Morgan fingerprint density at radius 2 is 1.86 bits per heavy atom. The van der Waals surface area contributed by atoms with Gasteiger partial charge in [0.1, 0.15) is 17.3 Å². The van der Waals surface area contributed by atoms with E-state index in [1.165, 1.54) is 6.33 Å². The number of pyridine rings is 1. The summed E-state index contributed by atoms with van der Waals surface area (Å²) < 4.78 is 0. The molecule has 0 bridgehead atoms. The quantitative estimate of drug-likeness (QED) is 0.721. The molecule has 1 aromatic carbocycles. The minimum absolute atomic E-state index is 0.226. The van der Waals surface area contributed by atoms with Crippen LogP contribution in [0.2, 0.25) is 5.15 Å². The average molecular weight is 299 g/mol. The highest BCUT2D eigenvalue weighted by Gasteiger charge is 2.14.